The zero-order valence-electron chi connectivity index (χ0n) is 15.5. The van der Waals surface area contributed by atoms with Crippen LogP contribution < -0.4 is 15.4 Å². The minimum absolute atomic E-state index is 0.00847. The van der Waals surface area contributed by atoms with Crippen molar-refractivity contribution in [1.82, 2.24) is 9.97 Å². The van der Waals surface area contributed by atoms with Crippen molar-refractivity contribution in [2.75, 3.05) is 15.4 Å². The van der Waals surface area contributed by atoms with Gasteiger partial charge in [0.15, 0.2) is 0 Å². The van der Waals surface area contributed by atoms with Gasteiger partial charge in [-0.1, -0.05) is 0 Å². The number of rotatable bonds is 7. The van der Waals surface area contributed by atoms with Gasteiger partial charge in [0.2, 0.25) is 11.9 Å². The number of hydrogen-bond donors (Lipinski definition) is 3. The van der Waals surface area contributed by atoms with E-state index in [1.165, 1.54) is 48.0 Å². The number of nitrogens with one attached hydrogen (secondary N) is 3. The number of thiophene rings is 1. The van der Waals surface area contributed by atoms with E-state index in [1.54, 1.807) is 18.2 Å². The van der Waals surface area contributed by atoms with Crippen molar-refractivity contribution < 1.29 is 18.0 Å². The zero-order chi connectivity index (χ0) is 21.1. The lowest BCUT2D eigenvalue weighted by Gasteiger charge is -2.08. The molecule has 3 N–H and O–H groups in total. The molecule has 1 aromatic carbocycles. The molecule has 2 amide bonds. The second-order valence-electron chi connectivity index (χ2n) is 6.58. The van der Waals surface area contributed by atoms with Gasteiger partial charge < -0.3 is 10.6 Å². The number of hydrogen-bond acceptors (Lipinski definition) is 7. The molecule has 0 unspecified atom stereocenters. The van der Waals surface area contributed by atoms with Gasteiger partial charge in [0.05, 0.1) is 14.8 Å². The average molecular weight is 444 g/mol. The second kappa shape index (κ2) is 8.20. The number of amides is 2. The fourth-order valence-corrected chi connectivity index (χ4v) is 4.30. The molecule has 0 radical (unpaired) electrons. The minimum Gasteiger partial charge on any atom is -0.321 e. The maximum absolute atomic E-state index is 12.4. The SMILES string of the molecule is O=C(Nc1ccc(S(=O)(=O)Nc2ncccn2)cc1)c1ccc(NC(=O)C2CC2)s1. The summed E-state index contributed by atoms with van der Waals surface area (Å²) in [5.41, 5.74) is 0.437. The average Bonchev–Trinajstić information content (AvgIpc) is 3.48. The molecule has 3 aromatic rings. The Labute approximate surface area is 176 Å². The van der Waals surface area contributed by atoms with E-state index in [2.05, 4.69) is 25.3 Å². The van der Waals surface area contributed by atoms with Crippen molar-refractivity contribution in [3.8, 4) is 0 Å². The fraction of sp³-hybridized carbons (Fsp3) is 0.158. The summed E-state index contributed by atoms with van der Waals surface area (Å²) in [5, 5.41) is 6.13. The van der Waals surface area contributed by atoms with E-state index in [-0.39, 0.29) is 28.6 Å². The third kappa shape index (κ3) is 4.81. The van der Waals surface area contributed by atoms with Crippen LogP contribution in [0.2, 0.25) is 0 Å². The van der Waals surface area contributed by atoms with Crippen LogP contribution in [0.1, 0.15) is 22.5 Å². The third-order valence-corrected chi connectivity index (χ3v) is 6.58. The van der Waals surface area contributed by atoms with E-state index in [4.69, 9.17) is 0 Å². The number of carbonyl (C=O) groups is 2. The predicted octanol–water partition coefficient (Wildman–Crippen LogP) is 2.94. The topological polar surface area (TPSA) is 130 Å². The first-order valence-corrected chi connectivity index (χ1v) is 11.3. The maximum atomic E-state index is 12.4. The van der Waals surface area contributed by atoms with E-state index in [0.717, 1.165) is 12.8 Å². The van der Waals surface area contributed by atoms with E-state index < -0.39 is 10.0 Å². The molecule has 9 nitrogen and oxygen atoms in total. The van der Waals surface area contributed by atoms with Crippen LogP contribution in [0.4, 0.5) is 16.6 Å². The summed E-state index contributed by atoms with van der Waals surface area (Å²) >= 11 is 1.18. The molecule has 1 saturated carbocycles. The van der Waals surface area contributed by atoms with E-state index in [9.17, 15) is 18.0 Å². The van der Waals surface area contributed by atoms with Crippen LogP contribution in [0, 0.1) is 5.92 Å². The highest BCUT2D eigenvalue weighted by atomic mass is 32.2. The fourth-order valence-electron chi connectivity index (χ4n) is 2.54. The summed E-state index contributed by atoms with van der Waals surface area (Å²) in [7, 11) is -3.85. The lowest BCUT2D eigenvalue weighted by atomic mass is 10.3. The lowest BCUT2D eigenvalue weighted by molar-refractivity contribution is -0.117. The first-order valence-electron chi connectivity index (χ1n) is 9.03. The van der Waals surface area contributed by atoms with Crippen LogP contribution in [0.25, 0.3) is 0 Å². The molecule has 1 aliphatic carbocycles. The van der Waals surface area contributed by atoms with Crippen molar-refractivity contribution >= 4 is 49.8 Å². The maximum Gasteiger partial charge on any atom is 0.265 e. The first-order chi connectivity index (χ1) is 14.4. The Morgan fingerprint density at radius 2 is 1.67 bits per heavy atom. The summed E-state index contributed by atoms with van der Waals surface area (Å²) < 4.78 is 27.1. The molecular formula is C19H17N5O4S2. The normalized spacial score (nSPS) is 13.5. The number of anilines is 3. The highest BCUT2D eigenvalue weighted by molar-refractivity contribution is 7.92. The first kappa shape index (κ1) is 20.0. The minimum atomic E-state index is -3.85. The number of nitrogens with zero attached hydrogens (tertiary/aromatic N) is 2. The molecule has 11 heteroatoms. The predicted molar refractivity (Wildman–Crippen MR) is 113 cm³/mol. The molecule has 0 bridgehead atoms. The van der Waals surface area contributed by atoms with Gasteiger partial charge in [0.25, 0.3) is 15.9 Å². The third-order valence-electron chi connectivity index (χ3n) is 4.24. The largest absolute Gasteiger partial charge is 0.321 e. The molecule has 1 aliphatic rings. The van der Waals surface area contributed by atoms with Gasteiger partial charge in [-0.2, -0.15) is 0 Å². The standard InChI is InChI=1S/C19H17N5O4S2/c25-17(12-2-3-12)23-16-9-8-15(29-16)18(26)22-13-4-6-14(7-5-13)30(27,28)24-19-20-10-1-11-21-19/h1,4-12H,2-3H2,(H,22,26)(H,23,25)(H,20,21,24). The zero-order valence-corrected chi connectivity index (χ0v) is 17.2. The molecule has 0 saturated heterocycles. The number of aromatic nitrogens is 2. The van der Waals surface area contributed by atoms with Crippen molar-refractivity contribution in [2.45, 2.75) is 17.7 Å². The van der Waals surface area contributed by atoms with Crippen LogP contribution >= 0.6 is 11.3 Å². The highest BCUT2D eigenvalue weighted by Crippen LogP contribution is 2.31. The van der Waals surface area contributed by atoms with Crippen molar-refractivity contribution in [3.05, 3.63) is 59.7 Å². The van der Waals surface area contributed by atoms with Gasteiger partial charge in [-0.25, -0.2) is 23.1 Å². The van der Waals surface area contributed by atoms with Crippen molar-refractivity contribution in [2.24, 2.45) is 5.92 Å². The summed E-state index contributed by atoms with van der Waals surface area (Å²) in [6.45, 7) is 0. The van der Waals surface area contributed by atoms with Crippen LogP contribution in [0.15, 0.2) is 59.8 Å². The van der Waals surface area contributed by atoms with Gasteiger partial charge in [-0.15, -0.1) is 11.3 Å². The Bertz CT molecular complexity index is 1170. The van der Waals surface area contributed by atoms with Crippen LogP contribution in [-0.2, 0) is 14.8 Å². The van der Waals surface area contributed by atoms with Crippen molar-refractivity contribution in [1.29, 1.82) is 0 Å². The summed E-state index contributed by atoms with van der Waals surface area (Å²) in [6.07, 6.45) is 4.67. The van der Waals surface area contributed by atoms with E-state index >= 15 is 0 Å². The molecule has 0 atom stereocenters. The summed E-state index contributed by atoms with van der Waals surface area (Å²) in [5.74, 6) is -0.312. The molecule has 0 spiro atoms. The van der Waals surface area contributed by atoms with Crippen molar-refractivity contribution in [3.63, 3.8) is 0 Å². The molecule has 1 fully saturated rings. The van der Waals surface area contributed by atoms with Gasteiger partial charge in [-0.3, -0.25) is 9.59 Å². The monoisotopic (exact) mass is 443 g/mol. The van der Waals surface area contributed by atoms with E-state index in [1.807, 2.05) is 0 Å². The molecule has 2 heterocycles. The Balaban J connectivity index is 1.39. The second-order valence-corrected chi connectivity index (χ2v) is 9.35. The Hall–Kier alpha value is -3.31. The molecule has 2 aromatic heterocycles. The highest BCUT2D eigenvalue weighted by Gasteiger charge is 2.29. The summed E-state index contributed by atoms with van der Waals surface area (Å²) in [6, 6.07) is 10.6. The Kier molecular flexibility index (Phi) is 5.46. The quantitative estimate of drug-likeness (QED) is 0.515. The van der Waals surface area contributed by atoms with Crippen LogP contribution in [-0.4, -0.2) is 30.2 Å². The van der Waals surface area contributed by atoms with Crippen LogP contribution in [0.5, 0.6) is 0 Å². The van der Waals surface area contributed by atoms with Gasteiger partial charge >= 0.3 is 0 Å². The number of sulfonamides is 1. The molecule has 154 valence electrons. The molecule has 0 aliphatic heterocycles. The molecule has 30 heavy (non-hydrogen) atoms. The molecular weight excluding hydrogens is 426 g/mol. The lowest BCUT2D eigenvalue weighted by Crippen LogP contribution is -2.15. The van der Waals surface area contributed by atoms with Gasteiger partial charge in [0, 0.05) is 24.0 Å². The van der Waals surface area contributed by atoms with Crippen LogP contribution in [0.3, 0.4) is 0 Å². The summed E-state index contributed by atoms with van der Waals surface area (Å²) in [4.78, 5) is 32.3. The Morgan fingerprint density at radius 3 is 2.33 bits per heavy atom. The van der Waals surface area contributed by atoms with Gasteiger partial charge in [-0.05, 0) is 55.3 Å². The molecule has 4 rings (SSSR count). The number of benzene rings is 1. The van der Waals surface area contributed by atoms with E-state index in [0.29, 0.717) is 15.6 Å². The van der Waals surface area contributed by atoms with Gasteiger partial charge in [0.1, 0.15) is 0 Å². The number of carbonyl (C=O) groups excluding carboxylic acids is 2. The smallest absolute Gasteiger partial charge is 0.265 e. The Morgan fingerprint density at radius 1 is 0.967 bits per heavy atom.